The number of hydrogen-bond donors (Lipinski definition) is 0. The topological polar surface area (TPSA) is 80.5 Å². The van der Waals surface area contributed by atoms with E-state index in [0.29, 0.717) is 12.1 Å². The molecule has 24 heavy (non-hydrogen) atoms. The number of nitro benzene ring substituents is 1. The summed E-state index contributed by atoms with van der Waals surface area (Å²) < 4.78 is 27.5. The van der Waals surface area contributed by atoms with Crippen molar-refractivity contribution in [2.45, 2.75) is 30.7 Å². The average Bonchev–Trinajstić information content (AvgIpc) is 3.06. The van der Waals surface area contributed by atoms with E-state index < -0.39 is 14.9 Å². The van der Waals surface area contributed by atoms with Crippen LogP contribution in [-0.4, -0.2) is 24.2 Å². The first-order valence-corrected chi connectivity index (χ1v) is 9.17. The molecule has 0 bridgehead atoms. The van der Waals surface area contributed by atoms with E-state index in [-0.39, 0.29) is 16.6 Å². The van der Waals surface area contributed by atoms with Gasteiger partial charge in [0.15, 0.2) is 0 Å². The van der Waals surface area contributed by atoms with Crippen molar-refractivity contribution in [2.24, 2.45) is 0 Å². The normalized spacial score (nSPS) is 18.6. The number of aryl methyl sites for hydroxylation is 1. The van der Waals surface area contributed by atoms with E-state index in [1.807, 2.05) is 30.3 Å². The quantitative estimate of drug-likeness (QED) is 0.627. The van der Waals surface area contributed by atoms with Crippen LogP contribution in [0.4, 0.5) is 5.69 Å². The fourth-order valence-corrected chi connectivity index (χ4v) is 4.82. The summed E-state index contributed by atoms with van der Waals surface area (Å²) in [4.78, 5) is 10.5. The van der Waals surface area contributed by atoms with E-state index in [1.54, 1.807) is 6.92 Å². The van der Waals surface area contributed by atoms with Crippen molar-refractivity contribution in [1.29, 1.82) is 0 Å². The van der Waals surface area contributed by atoms with Crippen LogP contribution in [0.5, 0.6) is 0 Å². The van der Waals surface area contributed by atoms with Crippen LogP contribution in [0.1, 0.15) is 30.0 Å². The molecule has 1 saturated heterocycles. The molecule has 0 spiro atoms. The lowest BCUT2D eigenvalue weighted by Gasteiger charge is -2.24. The monoisotopic (exact) mass is 346 g/mol. The molecule has 0 N–H and O–H groups in total. The standard InChI is InChI=1S/C17H18N2O4S/c1-13-9-10-15(12-17(13)19(20)21)24(22,23)18-11-5-8-16(18)14-6-3-2-4-7-14/h2-4,6-7,9-10,12,16H,5,8,11H2,1H3. The minimum atomic E-state index is -3.78. The number of nitrogens with zero attached hydrogens (tertiary/aromatic N) is 2. The van der Waals surface area contributed by atoms with Gasteiger partial charge in [-0.2, -0.15) is 4.31 Å². The van der Waals surface area contributed by atoms with Gasteiger partial charge in [-0.1, -0.05) is 36.4 Å². The second kappa shape index (κ2) is 6.33. The lowest BCUT2D eigenvalue weighted by atomic mass is 10.1. The molecule has 126 valence electrons. The Kier molecular flexibility index (Phi) is 4.38. The minimum absolute atomic E-state index is 0.0253. The van der Waals surface area contributed by atoms with Gasteiger partial charge in [0.1, 0.15) is 0 Å². The average molecular weight is 346 g/mol. The SMILES string of the molecule is Cc1ccc(S(=O)(=O)N2CCCC2c2ccccc2)cc1[N+](=O)[O-]. The molecule has 0 radical (unpaired) electrons. The molecule has 1 aliphatic rings. The summed E-state index contributed by atoms with van der Waals surface area (Å²) >= 11 is 0. The first kappa shape index (κ1) is 16.6. The molecule has 1 atom stereocenters. The van der Waals surface area contributed by atoms with E-state index in [1.165, 1.54) is 16.4 Å². The summed E-state index contributed by atoms with van der Waals surface area (Å²) in [5.41, 5.74) is 1.21. The Morgan fingerprint density at radius 3 is 2.54 bits per heavy atom. The Hall–Kier alpha value is -2.25. The molecule has 0 saturated carbocycles. The zero-order valence-corrected chi connectivity index (χ0v) is 14.1. The maximum Gasteiger partial charge on any atom is 0.273 e. The van der Waals surface area contributed by atoms with Crippen molar-refractivity contribution in [3.63, 3.8) is 0 Å². The highest BCUT2D eigenvalue weighted by atomic mass is 32.2. The van der Waals surface area contributed by atoms with E-state index in [9.17, 15) is 18.5 Å². The highest BCUT2D eigenvalue weighted by Gasteiger charge is 2.36. The van der Waals surface area contributed by atoms with E-state index in [4.69, 9.17) is 0 Å². The minimum Gasteiger partial charge on any atom is -0.258 e. The molecule has 2 aromatic rings. The summed E-state index contributed by atoms with van der Waals surface area (Å²) in [5.74, 6) is 0. The smallest absolute Gasteiger partial charge is 0.258 e. The first-order chi connectivity index (χ1) is 11.4. The Bertz CT molecular complexity index is 865. The van der Waals surface area contributed by atoms with Crippen LogP contribution in [-0.2, 0) is 10.0 Å². The summed E-state index contributed by atoms with van der Waals surface area (Å²) in [7, 11) is -3.78. The van der Waals surface area contributed by atoms with Crippen LogP contribution in [0.15, 0.2) is 53.4 Å². The van der Waals surface area contributed by atoms with Crippen molar-refractivity contribution >= 4 is 15.7 Å². The molecular weight excluding hydrogens is 328 g/mol. The third kappa shape index (κ3) is 2.92. The fourth-order valence-electron chi connectivity index (χ4n) is 3.12. The molecule has 1 unspecified atom stereocenters. The Morgan fingerprint density at radius 2 is 1.88 bits per heavy atom. The second-order valence-corrected chi connectivity index (χ2v) is 7.78. The van der Waals surface area contributed by atoms with Gasteiger partial charge in [-0.25, -0.2) is 8.42 Å². The summed E-state index contributed by atoms with van der Waals surface area (Å²) in [5, 5.41) is 11.1. The van der Waals surface area contributed by atoms with Crippen LogP contribution < -0.4 is 0 Å². The molecule has 7 heteroatoms. The molecule has 3 rings (SSSR count). The van der Waals surface area contributed by atoms with Crippen molar-refractivity contribution in [3.05, 3.63) is 69.8 Å². The van der Waals surface area contributed by atoms with Gasteiger partial charge in [-0.05, 0) is 31.4 Å². The van der Waals surface area contributed by atoms with Crippen molar-refractivity contribution < 1.29 is 13.3 Å². The Balaban J connectivity index is 2.01. The first-order valence-electron chi connectivity index (χ1n) is 7.73. The molecule has 0 aromatic heterocycles. The molecule has 1 heterocycles. The van der Waals surface area contributed by atoms with Gasteiger partial charge in [0.2, 0.25) is 10.0 Å². The molecule has 1 fully saturated rings. The van der Waals surface area contributed by atoms with Gasteiger partial charge in [0.05, 0.1) is 15.9 Å². The predicted molar refractivity (Wildman–Crippen MR) is 90.1 cm³/mol. The Morgan fingerprint density at radius 1 is 1.17 bits per heavy atom. The van der Waals surface area contributed by atoms with Gasteiger partial charge in [-0.15, -0.1) is 0 Å². The summed E-state index contributed by atoms with van der Waals surface area (Å²) in [6.07, 6.45) is 1.52. The number of nitro groups is 1. The molecule has 2 aromatic carbocycles. The number of rotatable bonds is 4. The van der Waals surface area contributed by atoms with Gasteiger partial charge in [0, 0.05) is 18.2 Å². The van der Waals surface area contributed by atoms with E-state index >= 15 is 0 Å². The number of benzene rings is 2. The molecule has 0 aliphatic carbocycles. The second-order valence-electron chi connectivity index (χ2n) is 5.89. The van der Waals surface area contributed by atoms with Crippen LogP contribution in [0.3, 0.4) is 0 Å². The molecule has 6 nitrogen and oxygen atoms in total. The number of sulfonamides is 1. The highest BCUT2D eigenvalue weighted by molar-refractivity contribution is 7.89. The van der Waals surface area contributed by atoms with Crippen molar-refractivity contribution in [1.82, 2.24) is 4.31 Å². The third-order valence-corrected chi connectivity index (χ3v) is 6.28. The van der Waals surface area contributed by atoms with E-state index in [0.717, 1.165) is 24.5 Å². The fraction of sp³-hybridized carbons (Fsp3) is 0.294. The highest BCUT2D eigenvalue weighted by Crippen LogP contribution is 2.37. The summed E-state index contributed by atoms with van der Waals surface area (Å²) in [6, 6.07) is 13.3. The van der Waals surface area contributed by atoms with Crippen LogP contribution in [0, 0.1) is 17.0 Å². The largest absolute Gasteiger partial charge is 0.273 e. The van der Waals surface area contributed by atoms with Crippen LogP contribution in [0.25, 0.3) is 0 Å². The lowest BCUT2D eigenvalue weighted by Crippen LogP contribution is -2.30. The zero-order valence-electron chi connectivity index (χ0n) is 13.3. The molecule has 0 amide bonds. The van der Waals surface area contributed by atoms with Gasteiger partial charge >= 0.3 is 0 Å². The van der Waals surface area contributed by atoms with E-state index in [2.05, 4.69) is 0 Å². The molecule has 1 aliphatic heterocycles. The zero-order chi connectivity index (χ0) is 17.3. The number of hydrogen-bond acceptors (Lipinski definition) is 4. The maximum absolute atomic E-state index is 13.0. The van der Waals surface area contributed by atoms with Gasteiger partial charge in [-0.3, -0.25) is 10.1 Å². The third-order valence-electron chi connectivity index (χ3n) is 4.37. The predicted octanol–water partition coefficient (Wildman–Crippen LogP) is 3.43. The van der Waals surface area contributed by atoms with Crippen molar-refractivity contribution in [2.75, 3.05) is 6.54 Å². The van der Waals surface area contributed by atoms with Gasteiger partial charge < -0.3 is 0 Å². The van der Waals surface area contributed by atoms with Crippen molar-refractivity contribution in [3.8, 4) is 0 Å². The lowest BCUT2D eigenvalue weighted by molar-refractivity contribution is -0.385. The Labute approximate surface area is 140 Å². The van der Waals surface area contributed by atoms with Gasteiger partial charge in [0.25, 0.3) is 5.69 Å². The maximum atomic E-state index is 13.0. The molecular formula is C17H18N2O4S. The summed E-state index contributed by atoms with van der Waals surface area (Å²) in [6.45, 7) is 2.01. The van der Waals surface area contributed by atoms with Crippen LogP contribution in [0.2, 0.25) is 0 Å². The van der Waals surface area contributed by atoms with Crippen LogP contribution >= 0.6 is 0 Å².